The lowest BCUT2D eigenvalue weighted by Crippen LogP contribution is -2.13. The number of hydrogen-bond acceptors (Lipinski definition) is 5. The predicted octanol–water partition coefficient (Wildman–Crippen LogP) is 2.67. The number of hydrogen-bond donors (Lipinski definition) is 2. The molecule has 6 nitrogen and oxygen atoms in total. The third-order valence-electron chi connectivity index (χ3n) is 2.87. The zero-order valence-electron chi connectivity index (χ0n) is 12.1. The van der Waals surface area contributed by atoms with E-state index in [-0.39, 0.29) is 12.5 Å². The molecule has 1 heterocycles. The molecule has 22 heavy (non-hydrogen) atoms. The number of methoxy groups -OCH3 is 1. The van der Waals surface area contributed by atoms with Crippen LogP contribution in [0.4, 0.5) is 5.69 Å². The second-order valence-corrected chi connectivity index (χ2v) is 4.82. The normalized spacial score (nSPS) is 10.5. The quantitative estimate of drug-likeness (QED) is 0.765. The molecule has 7 heteroatoms. The van der Waals surface area contributed by atoms with E-state index in [1.54, 1.807) is 31.4 Å². The Morgan fingerprint density at radius 1 is 1.41 bits per heavy atom. The molecule has 0 bridgehead atoms. The second kappa shape index (κ2) is 7.84. The molecule has 0 atom stereocenters. The fourth-order valence-electron chi connectivity index (χ4n) is 1.78. The van der Waals surface area contributed by atoms with Gasteiger partial charge in [-0.15, -0.1) is 0 Å². The van der Waals surface area contributed by atoms with E-state index in [9.17, 15) is 4.79 Å². The highest BCUT2D eigenvalue weighted by atomic mass is 35.5. The van der Waals surface area contributed by atoms with Gasteiger partial charge >= 0.3 is 0 Å². The third kappa shape index (κ3) is 4.00. The summed E-state index contributed by atoms with van der Waals surface area (Å²) in [4.78, 5) is 12.2. The van der Waals surface area contributed by atoms with Crippen molar-refractivity contribution in [2.24, 2.45) is 5.73 Å². The summed E-state index contributed by atoms with van der Waals surface area (Å²) < 4.78 is 15.6. The van der Waals surface area contributed by atoms with Gasteiger partial charge < -0.3 is 24.9 Å². The van der Waals surface area contributed by atoms with Gasteiger partial charge in [0, 0.05) is 7.11 Å². The number of furan rings is 1. The molecule has 0 saturated heterocycles. The van der Waals surface area contributed by atoms with Gasteiger partial charge in [-0.3, -0.25) is 4.79 Å². The molecule has 1 amide bonds. The Morgan fingerprint density at radius 2 is 2.23 bits per heavy atom. The minimum Gasteiger partial charge on any atom is -0.487 e. The van der Waals surface area contributed by atoms with E-state index in [1.807, 2.05) is 0 Å². The maximum Gasteiger partial charge on any atom is 0.259 e. The zero-order valence-corrected chi connectivity index (χ0v) is 12.9. The van der Waals surface area contributed by atoms with Crippen LogP contribution in [0.1, 0.15) is 16.1 Å². The van der Waals surface area contributed by atoms with Crippen LogP contribution in [0, 0.1) is 0 Å². The van der Waals surface area contributed by atoms with Crippen molar-refractivity contribution in [2.75, 3.05) is 25.6 Å². The zero-order chi connectivity index (χ0) is 15.9. The highest BCUT2D eigenvalue weighted by Gasteiger charge is 2.14. The summed E-state index contributed by atoms with van der Waals surface area (Å²) in [6.07, 6.45) is 1.35. The van der Waals surface area contributed by atoms with E-state index in [0.717, 1.165) is 0 Å². The van der Waals surface area contributed by atoms with Crippen molar-refractivity contribution in [3.8, 4) is 5.75 Å². The molecular weight excluding hydrogens is 308 g/mol. The maximum atomic E-state index is 12.2. The van der Waals surface area contributed by atoms with Crippen LogP contribution in [0.5, 0.6) is 5.75 Å². The van der Waals surface area contributed by atoms with Crippen molar-refractivity contribution in [3.63, 3.8) is 0 Å². The lowest BCUT2D eigenvalue weighted by atomic mass is 10.2. The van der Waals surface area contributed by atoms with E-state index in [2.05, 4.69) is 5.32 Å². The van der Waals surface area contributed by atoms with Gasteiger partial charge in [0.15, 0.2) is 5.75 Å². The van der Waals surface area contributed by atoms with Gasteiger partial charge in [-0.25, -0.2) is 0 Å². The largest absolute Gasteiger partial charge is 0.487 e. The molecule has 0 aliphatic heterocycles. The van der Waals surface area contributed by atoms with Crippen molar-refractivity contribution in [2.45, 2.75) is 6.54 Å². The summed E-state index contributed by atoms with van der Waals surface area (Å²) in [7, 11) is 1.58. The Kier molecular flexibility index (Phi) is 5.83. The Morgan fingerprint density at radius 3 is 2.91 bits per heavy atom. The molecule has 2 aromatic rings. The first-order valence-corrected chi connectivity index (χ1v) is 7.02. The molecule has 2 rings (SSSR count). The van der Waals surface area contributed by atoms with Crippen LogP contribution in [0.15, 0.2) is 34.9 Å². The van der Waals surface area contributed by atoms with Crippen molar-refractivity contribution < 1.29 is 18.7 Å². The molecule has 0 aliphatic rings. The lowest BCUT2D eigenvalue weighted by molar-refractivity contribution is 0.102. The molecular formula is C15H17ClN2O4. The number of halogens is 1. The summed E-state index contributed by atoms with van der Waals surface area (Å²) >= 11 is 6.11. The Labute approximate surface area is 133 Å². The second-order valence-electron chi connectivity index (χ2n) is 4.42. The fraction of sp³-hybridized carbons (Fsp3) is 0.267. The molecule has 0 unspecified atom stereocenters. The van der Waals surface area contributed by atoms with E-state index in [0.29, 0.717) is 41.0 Å². The van der Waals surface area contributed by atoms with Crippen LogP contribution in [0.3, 0.4) is 0 Å². The van der Waals surface area contributed by atoms with Crippen molar-refractivity contribution in [3.05, 3.63) is 46.9 Å². The lowest BCUT2D eigenvalue weighted by Gasteiger charge is -2.13. The van der Waals surface area contributed by atoms with Crippen molar-refractivity contribution in [1.82, 2.24) is 0 Å². The smallest absolute Gasteiger partial charge is 0.259 e. The average Bonchev–Trinajstić information content (AvgIpc) is 2.99. The van der Waals surface area contributed by atoms with Crippen LogP contribution < -0.4 is 15.8 Å². The number of carbonyl (C=O) groups excluding carboxylic acids is 1. The van der Waals surface area contributed by atoms with Gasteiger partial charge in [0.1, 0.15) is 18.6 Å². The van der Waals surface area contributed by atoms with Crippen molar-refractivity contribution >= 4 is 23.2 Å². The number of anilines is 1. The molecule has 0 aliphatic carbocycles. The number of carbonyl (C=O) groups is 1. The Balaban J connectivity index is 2.14. The first-order chi connectivity index (χ1) is 10.7. The van der Waals surface area contributed by atoms with Crippen LogP contribution in [0.2, 0.25) is 5.02 Å². The molecule has 1 aromatic carbocycles. The summed E-state index contributed by atoms with van der Waals surface area (Å²) in [5.41, 5.74) is 6.31. The number of benzene rings is 1. The first-order valence-electron chi connectivity index (χ1n) is 6.64. The number of nitrogens with two attached hydrogens (primary N) is 1. The van der Waals surface area contributed by atoms with E-state index < -0.39 is 0 Å². The fourth-order valence-corrected chi connectivity index (χ4v) is 2.01. The van der Waals surface area contributed by atoms with Gasteiger partial charge in [0.2, 0.25) is 0 Å². The molecule has 3 N–H and O–H groups in total. The van der Waals surface area contributed by atoms with Gasteiger partial charge in [0.05, 0.1) is 29.4 Å². The first kappa shape index (κ1) is 16.4. The number of ether oxygens (including phenoxy) is 2. The Hall–Kier alpha value is -2.02. The average molecular weight is 325 g/mol. The molecule has 0 spiro atoms. The van der Waals surface area contributed by atoms with E-state index in [1.165, 1.54) is 6.26 Å². The minimum atomic E-state index is -0.331. The summed E-state index contributed by atoms with van der Waals surface area (Å²) in [5.74, 6) is 0.604. The highest BCUT2D eigenvalue weighted by Crippen LogP contribution is 2.33. The Bertz CT molecular complexity index is 642. The van der Waals surface area contributed by atoms with Crippen LogP contribution in [0.25, 0.3) is 0 Å². The molecule has 0 saturated carbocycles. The topological polar surface area (TPSA) is 86.7 Å². The number of amides is 1. The highest BCUT2D eigenvalue weighted by molar-refractivity contribution is 6.32. The standard InChI is InChI=1S/C15H17ClN2O4/c1-20-5-6-21-14-12(16)3-2-4-13(14)18-15(19)10-7-11(8-17)22-9-10/h2-4,7,9H,5-6,8,17H2,1H3,(H,18,19). The number of para-hydroxylation sites is 1. The van der Waals surface area contributed by atoms with Gasteiger partial charge in [-0.2, -0.15) is 0 Å². The molecule has 118 valence electrons. The SMILES string of the molecule is COCCOc1c(Cl)cccc1NC(=O)c1coc(CN)c1. The molecule has 1 aromatic heterocycles. The van der Waals surface area contributed by atoms with E-state index in [4.69, 9.17) is 31.2 Å². The predicted molar refractivity (Wildman–Crippen MR) is 83.4 cm³/mol. The molecule has 0 fully saturated rings. The monoisotopic (exact) mass is 324 g/mol. The minimum absolute atomic E-state index is 0.232. The van der Waals surface area contributed by atoms with Crippen LogP contribution in [-0.2, 0) is 11.3 Å². The summed E-state index contributed by atoms with van der Waals surface area (Å²) in [6, 6.07) is 6.70. The van der Waals surface area contributed by atoms with Crippen molar-refractivity contribution in [1.29, 1.82) is 0 Å². The van der Waals surface area contributed by atoms with Crippen LogP contribution in [-0.4, -0.2) is 26.2 Å². The number of rotatable bonds is 7. The van der Waals surface area contributed by atoms with Gasteiger partial charge in [0.25, 0.3) is 5.91 Å². The summed E-state index contributed by atoms with van der Waals surface area (Å²) in [5, 5.41) is 3.15. The van der Waals surface area contributed by atoms with Crippen LogP contribution >= 0.6 is 11.6 Å². The van der Waals surface area contributed by atoms with Gasteiger partial charge in [-0.05, 0) is 18.2 Å². The van der Waals surface area contributed by atoms with E-state index >= 15 is 0 Å². The molecule has 0 radical (unpaired) electrons. The van der Waals surface area contributed by atoms with Gasteiger partial charge in [-0.1, -0.05) is 17.7 Å². The number of nitrogens with one attached hydrogen (secondary N) is 1. The third-order valence-corrected chi connectivity index (χ3v) is 3.16. The maximum absolute atomic E-state index is 12.2. The summed E-state index contributed by atoms with van der Waals surface area (Å²) in [6.45, 7) is 0.974.